The minimum absolute atomic E-state index is 0.157. The molecular weight excluding hydrogens is 466 g/mol. The van der Waals surface area contributed by atoms with E-state index in [4.69, 9.17) is 11.6 Å². The van der Waals surface area contributed by atoms with E-state index in [1.165, 1.54) is 9.75 Å². The predicted molar refractivity (Wildman–Crippen MR) is 131 cm³/mol. The molecule has 6 nitrogen and oxygen atoms in total. The fraction of sp³-hybridized carbons (Fsp3) is 0.261. The van der Waals surface area contributed by atoms with Crippen LogP contribution in [0.5, 0.6) is 0 Å². The Hall–Kier alpha value is -2.39. The van der Waals surface area contributed by atoms with Gasteiger partial charge in [0.15, 0.2) is 0 Å². The Kier molecular flexibility index (Phi) is 6.85. The Balaban J connectivity index is 1.37. The maximum absolute atomic E-state index is 13.0. The third-order valence-corrected chi connectivity index (χ3v) is 7.21. The van der Waals surface area contributed by atoms with Crippen molar-refractivity contribution in [2.75, 3.05) is 37.2 Å². The molecule has 9 heteroatoms. The van der Waals surface area contributed by atoms with Crippen molar-refractivity contribution in [1.82, 2.24) is 9.80 Å². The maximum atomic E-state index is 13.0. The third-order valence-electron chi connectivity index (χ3n) is 5.26. The number of benzene rings is 2. The fourth-order valence-electron chi connectivity index (χ4n) is 3.72. The topological polar surface area (TPSA) is 69.7 Å². The minimum atomic E-state index is -3.46. The highest BCUT2D eigenvalue weighted by atomic mass is 35.5. The van der Waals surface area contributed by atoms with E-state index in [1.807, 2.05) is 18.2 Å². The highest BCUT2D eigenvalue weighted by Gasteiger charge is 2.24. The summed E-state index contributed by atoms with van der Waals surface area (Å²) in [6, 6.07) is 18.8. The first-order chi connectivity index (χ1) is 15.3. The van der Waals surface area contributed by atoms with Gasteiger partial charge >= 0.3 is 0 Å². The van der Waals surface area contributed by atoms with Gasteiger partial charge in [0, 0.05) is 47.5 Å². The van der Waals surface area contributed by atoms with Crippen LogP contribution in [-0.2, 0) is 16.6 Å². The van der Waals surface area contributed by atoms with Gasteiger partial charge in [-0.05, 0) is 42.0 Å². The van der Waals surface area contributed by atoms with Gasteiger partial charge in [-0.1, -0.05) is 35.9 Å². The van der Waals surface area contributed by atoms with Crippen molar-refractivity contribution in [3.8, 4) is 10.4 Å². The Morgan fingerprint density at radius 1 is 1.03 bits per heavy atom. The molecule has 1 aliphatic rings. The molecule has 0 spiro atoms. The average molecular weight is 490 g/mol. The second-order valence-corrected chi connectivity index (χ2v) is 11.1. The lowest BCUT2D eigenvalue weighted by Gasteiger charge is -2.34. The fourth-order valence-corrected chi connectivity index (χ4v) is 5.53. The Morgan fingerprint density at radius 2 is 1.78 bits per heavy atom. The molecule has 0 bridgehead atoms. The molecule has 1 amide bonds. The number of rotatable bonds is 6. The molecule has 2 heterocycles. The molecule has 3 aromatic rings. The highest BCUT2D eigenvalue weighted by molar-refractivity contribution is 7.92. The summed E-state index contributed by atoms with van der Waals surface area (Å²) < 4.78 is 25.7. The van der Waals surface area contributed by atoms with E-state index in [0.717, 1.165) is 36.5 Å². The summed E-state index contributed by atoms with van der Waals surface area (Å²) in [6.45, 7) is 3.55. The van der Waals surface area contributed by atoms with Gasteiger partial charge in [0.2, 0.25) is 10.0 Å². The van der Waals surface area contributed by atoms with Crippen LogP contribution in [-0.4, -0.2) is 56.6 Å². The Morgan fingerprint density at radius 3 is 2.50 bits per heavy atom. The van der Waals surface area contributed by atoms with Gasteiger partial charge in [-0.2, -0.15) is 0 Å². The molecule has 1 N–H and O–H groups in total. The lowest BCUT2D eigenvalue weighted by atomic mass is 10.1. The second-order valence-electron chi connectivity index (χ2n) is 7.76. The van der Waals surface area contributed by atoms with E-state index in [9.17, 15) is 13.2 Å². The molecule has 0 unspecified atom stereocenters. The molecule has 1 fully saturated rings. The largest absolute Gasteiger partial charge is 0.336 e. The number of halogens is 1. The van der Waals surface area contributed by atoms with E-state index in [2.05, 4.69) is 27.8 Å². The maximum Gasteiger partial charge on any atom is 0.256 e. The van der Waals surface area contributed by atoms with Crippen molar-refractivity contribution in [3.63, 3.8) is 0 Å². The second kappa shape index (κ2) is 9.62. The first-order valence-corrected chi connectivity index (χ1v) is 13.3. The summed E-state index contributed by atoms with van der Waals surface area (Å²) >= 11 is 7.87. The molecular formula is C23H24ClN3O3S2. The summed E-state index contributed by atoms with van der Waals surface area (Å²) in [5.41, 5.74) is 1.80. The van der Waals surface area contributed by atoms with Crippen LogP contribution in [0.1, 0.15) is 15.2 Å². The molecule has 1 aliphatic heterocycles. The normalized spacial score (nSPS) is 15.0. The zero-order valence-corrected chi connectivity index (χ0v) is 20.0. The van der Waals surface area contributed by atoms with Crippen LogP contribution in [0.25, 0.3) is 10.4 Å². The van der Waals surface area contributed by atoms with Crippen molar-refractivity contribution in [2.24, 2.45) is 0 Å². The van der Waals surface area contributed by atoms with E-state index < -0.39 is 10.0 Å². The first-order valence-electron chi connectivity index (χ1n) is 10.2. The van der Waals surface area contributed by atoms with E-state index in [0.29, 0.717) is 24.3 Å². The summed E-state index contributed by atoms with van der Waals surface area (Å²) in [5, 5.41) is 0.728. The van der Waals surface area contributed by atoms with Crippen molar-refractivity contribution in [2.45, 2.75) is 6.54 Å². The van der Waals surface area contributed by atoms with Crippen molar-refractivity contribution in [1.29, 1.82) is 0 Å². The number of carbonyl (C=O) groups is 1. The van der Waals surface area contributed by atoms with Gasteiger partial charge in [0.25, 0.3) is 5.91 Å². The summed E-state index contributed by atoms with van der Waals surface area (Å²) in [7, 11) is -3.46. The monoisotopic (exact) mass is 489 g/mol. The lowest BCUT2D eigenvalue weighted by molar-refractivity contribution is 0.0630. The number of nitrogens with one attached hydrogen (secondary N) is 1. The number of hydrogen-bond donors (Lipinski definition) is 1. The number of piperazine rings is 1. The van der Waals surface area contributed by atoms with Crippen LogP contribution in [0.15, 0.2) is 60.7 Å². The molecule has 2 aromatic carbocycles. The number of anilines is 1. The molecule has 0 radical (unpaired) electrons. The number of carbonyl (C=O) groups excluding carboxylic acids is 1. The number of amides is 1. The highest BCUT2D eigenvalue weighted by Crippen LogP contribution is 2.30. The zero-order valence-electron chi connectivity index (χ0n) is 17.6. The molecule has 0 atom stereocenters. The number of hydrogen-bond acceptors (Lipinski definition) is 5. The molecule has 32 heavy (non-hydrogen) atoms. The van der Waals surface area contributed by atoms with Gasteiger partial charge in [-0.3, -0.25) is 14.4 Å². The quantitative estimate of drug-likeness (QED) is 0.557. The molecule has 1 saturated heterocycles. The number of nitrogens with zero attached hydrogens (tertiary/aromatic N) is 2. The minimum Gasteiger partial charge on any atom is -0.336 e. The predicted octanol–water partition coefficient (Wildman–Crippen LogP) is 4.40. The van der Waals surface area contributed by atoms with Crippen LogP contribution in [0.2, 0.25) is 5.02 Å². The standard InChI is InChI=1S/C23H24ClN3O3S2/c1-32(29,30)25-21-8-3-2-7-20(21)23(28)27-13-11-26(12-14-27)16-19-9-10-22(31-19)17-5-4-6-18(24)15-17/h2-10,15,25H,11-14,16H2,1H3. The van der Waals surface area contributed by atoms with Crippen LogP contribution in [0, 0.1) is 0 Å². The van der Waals surface area contributed by atoms with E-state index >= 15 is 0 Å². The molecule has 0 aliphatic carbocycles. The SMILES string of the molecule is CS(=O)(=O)Nc1ccccc1C(=O)N1CCN(Cc2ccc(-c3cccc(Cl)c3)s2)CC1. The van der Waals surface area contributed by atoms with Crippen LogP contribution in [0.3, 0.4) is 0 Å². The summed E-state index contributed by atoms with van der Waals surface area (Å²) in [6.07, 6.45) is 1.08. The van der Waals surface area contributed by atoms with Gasteiger partial charge in [-0.25, -0.2) is 8.42 Å². The number of sulfonamides is 1. The molecule has 0 saturated carbocycles. The molecule has 4 rings (SSSR count). The summed E-state index contributed by atoms with van der Waals surface area (Å²) in [4.78, 5) is 19.6. The smallest absolute Gasteiger partial charge is 0.256 e. The van der Waals surface area contributed by atoms with Crippen LogP contribution in [0.4, 0.5) is 5.69 Å². The Labute approximate surface area is 197 Å². The van der Waals surface area contributed by atoms with E-state index in [1.54, 1.807) is 40.5 Å². The van der Waals surface area contributed by atoms with Crippen LogP contribution >= 0.6 is 22.9 Å². The van der Waals surface area contributed by atoms with Gasteiger partial charge in [0.1, 0.15) is 0 Å². The van der Waals surface area contributed by atoms with Gasteiger partial charge < -0.3 is 4.90 Å². The number of thiophene rings is 1. The molecule has 168 valence electrons. The van der Waals surface area contributed by atoms with Gasteiger partial charge in [0.05, 0.1) is 17.5 Å². The third kappa shape index (κ3) is 5.69. The van der Waals surface area contributed by atoms with Crippen molar-refractivity contribution < 1.29 is 13.2 Å². The molecule has 1 aromatic heterocycles. The zero-order chi connectivity index (χ0) is 22.7. The average Bonchev–Trinajstić information content (AvgIpc) is 3.22. The Bertz CT molecular complexity index is 1220. The van der Waals surface area contributed by atoms with Crippen molar-refractivity contribution >= 4 is 44.6 Å². The van der Waals surface area contributed by atoms with Gasteiger partial charge in [-0.15, -0.1) is 11.3 Å². The lowest BCUT2D eigenvalue weighted by Crippen LogP contribution is -2.48. The van der Waals surface area contributed by atoms with E-state index in [-0.39, 0.29) is 5.91 Å². The van der Waals surface area contributed by atoms with Crippen molar-refractivity contribution in [3.05, 3.63) is 76.1 Å². The van der Waals surface area contributed by atoms with Crippen LogP contribution < -0.4 is 4.72 Å². The summed E-state index contributed by atoms with van der Waals surface area (Å²) in [5.74, 6) is -0.157. The number of para-hydroxylation sites is 1. The first kappa shape index (κ1) is 22.8.